The number of amides is 3. The number of rotatable bonds is 9. The van der Waals surface area contributed by atoms with Gasteiger partial charge in [-0.15, -0.1) is 0 Å². The lowest BCUT2D eigenvalue weighted by Crippen LogP contribution is -2.47. The van der Waals surface area contributed by atoms with Gasteiger partial charge in [0.05, 0.1) is 18.8 Å². The molecular weight excluding hydrogens is 540 g/mol. The molecule has 3 heterocycles. The molecule has 3 amide bonds. The average Bonchev–Trinajstić information content (AvgIpc) is 3.60. The van der Waals surface area contributed by atoms with Gasteiger partial charge in [0.2, 0.25) is 11.8 Å². The molecule has 2 atom stereocenters. The number of H-pyrrole nitrogens is 1. The first kappa shape index (κ1) is 28.6. The summed E-state index contributed by atoms with van der Waals surface area (Å²) < 4.78 is 11.6. The number of hydrogen-bond donors (Lipinski definition) is 4. The third-order valence-electron chi connectivity index (χ3n) is 6.81. The van der Waals surface area contributed by atoms with Crippen LogP contribution >= 0.6 is 0 Å². The van der Waals surface area contributed by atoms with Gasteiger partial charge in [-0.3, -0.25) is 9.59 Å². The smallest absolute Gasteiger partial charge is 0.408 e. The molecule has 0 radical (unpaired) electrons. The fraction of sp³-hybridized carbons (Fsp3) is 0.379. The Morgan fingerprint density at radius 3 is 2.79 bits per heavy atom. The predicted molar refractivity (Wildman–Crippen MR) is 157 cm³/mol. The highest BCUT2D eigenvalue weighted by molar-refractivity contribution is 6.01. The number of primary amides is 1. The quantitative estimate of drug-likeness (QED) is 0.234. The van der Waals surface area contributed by atoms with E-state index in [1.165, 1.54) is 6.33 Å². The van der Waals surface area contributed by atoms with E-state index < -0.39 is 29.6 Å². The van der Waals surface area contributed by atoms with E-state index in [9.17, 15) is 14.4 Å². The van der Waals surface area contributed by atoms with E-state index in [1.807, 2.05) is 24.3 Å². The van der Waals surface area contributed by atoms with Crippen LogP contribution in [0.1, 0.15) is 40.0 Å². The number of nitrogens with one attached hydrogen (secondary N) is 3. The number of alkyl carbamates (subject to hydrolysis) is 1. The van der Waals surface area contributed by atoms with Crippen LogP contribution in [-0.4, -0.2) is 68.7 Å². The maximum absolute atomic E-state index is 13.1. The number of ether oxygens (including phenoxy) is 2. The van der Waals surface area contributed by atoms with Gasteiger partial charge in [-0.1, -0.05) is 18.2 Å². The van der Waals surface area contributed by atoms with Crippen LogP contribution in [0.2, 0.25) is 0 Å². The molecule has 13 nitrogen and oxygen atoms in total. The van der Waals surface area contributed by atoms with Gasteiger partial charge in [-0.2, -0.15) is 0 Å². The van der Waals surface area contributed by atoms with Crippen LogP contribution in [-0.2, 0) is 14.3 Å². The second-order valence-electron chi connectivity index (χ2n) is 11.1. The molecule has 5 rings (SSSR count). The Morgan fingerprint density at radius 2 is 2.00 bits per heavy atom. The molecule has 1 saturated heterocycles. The zero-order chi connectivity index (χ0) is 29.9. The van der Waals surface area contributed by atoms with Gasteiger partial charge < -0.3 is 35.7 Å². The SMILES string of the molecule is CC(C)(C)OC(=O)N[C@H](CC(N)=O)C(=O)Nc1ccc2cccc(OC[C@H]3CCCN3c3ncnc4nc[nH]c34)c2c1. The van der Waals surface area contributed by atoms with Crippen LogP contribution in [0.4, 0.5) is 16.3 Å². The van der Waals surface area contributed by atoms with Crippen molar-refractivity contribution in [3.8, 4) is 5.75 Å². The summed E-state index contributed by atoms with van der Waals surface area (Å²) in [5, 5.41) is 6.92. The predicted octanol–water partition coefficient (Wildman–Crippen LogP) is 3.26. The molecule has 2 aromatic heterocycles. The molecule has 220 valence electrons. The highest BCUT2D eigenvalue weighted by Gasteiger charge is 2.29. The summed E-state index contributed by atoms with van der Waals surface area (Å²) in [7, 11) is 0. The van der Waals surface area contributed by atoms with E-state index in [0.717, 1.165) is 41.5 Å². The number of aromatic nitrogens is 4. The lowest BCUT2D eigenvalue weighted by molar-refractivity contribution is -0.124. The van der Waals surface area contributed by atoms with Gasteiger partial charge in [0, 0.05) is 17.6 Å². The normalized spacial score (nSPS) is 15.9. The Morgan fingerprint density at radius 1 is 1.17 bits per heavy atom. The molecule has 1 fully saturated rings. The van der Waals surface area contributed by atoms with E-state index in [0.29, 0.717) is 23.7 Å². The minimum absolute atomic E-state index is 0.0954. The number of aromatic amines is 1. The van der Waals surface area contributed by atoms with Crippen LogP contribution in [0, 0.1) is 0 Å². The molecule has 0 spiro atoms. The maximum atomic E-state index is 13.1. The fourth-order valence-corrected chi connectivity index (χ4v) is 4.98. The van der Waals surface area contributed by atoms with Crippen molar-refractivity contribution in [3.05, 3.63) is 49.1 Å². The molecular formula is C29H34N8O5. The Kier molecular flexibility index (Phi) is 8.09. The third-order valence-corrected chi connectivity index (χ3v) is 6.81. The summed E-state index contributed by atoms with van der Waals surface area (Å²) in [4.78, 5) is 55.3. The molecule has 0 bridgehead atoms. The maximum Gasteiger partial charge on any atom is 0.408 e. The van der Waals surface area contributed by atoms with E-state index in [4.69, 9.17) is 15.2 Å². The van der Waals surface area contributed by atoms with Crippen molar-refractivity contribution >= 4 is 51.3 Å². The van der Waals surface area contributed by atoms with Crippen molar-refractivity contribution in [1.82, 2.24) is 25.3 Å². The summed E-state index contributed by atoms with van der Waals surface area (Å²) in [5.41, 5.74) is 6.44. The molecule has 2 aromatic carbocycles. The van der Waals surface area contributed by atoms with Crippen molar-refractivity contribution < 1.29 is 23.9 Å². The molecule has 0 unspecified atom stereocenters. The monoisotopic (exact) mass is 574 g/mol. The molecule has 4 aromatic rings. The lowest BCUT2D eigenvalue weighted by Gasteiger charge is -2.26. The number of fused-ring (bicyclic) bond motifs is 2. The van der Waals surface area contributed by atoms with Crippen LogP contribution in [0.3, 0.4) is 0 Å². The Labute approximate surface area is 242 Å². The van der Waals surface area contributed by atoms with Crippen LogP contribution in [0.25, 0.3) is 21.9 Å². The number of nitrogens with zero attached hydrogens (tertiary/aromatic N) is 4. The molecule has 1 aliphatic heterocycles. The van der Waals surface area contributed by atoms with Crippen LogP contribution in [0.5, 0.6) is 5.75 Å². The van der Waals surface area contributed by atoms with E-state index in [-0.39, 0.29) is 12.5 Å². The number of carbonyl (C=O) groups excluding carboxylic acids is 3. The molecule has 0 saturated carbocycles. The second kappa shape index (κ2) is 11.9. The topological polar surface area (TPSA) is 177 Å². The van der Waals surface area contributed by atoms with Gasteiger partial charge in [-0.05, 0) is 57.2 Å². The molecule has 5 N–H and O–H groups in total. The number of hydrogen-bond acceptors (Lipinski definition) is 9. The van der Waals surface area contributed by atoms with Crippen LogP contribution < -0.4 is 26.0 Å². The zero-order valence-electron chi connectivity index (χ0n) is 23.7. The summed E-state index contributed by atoms with van der Waals surface area (Å²) >= 11 is 0. The fourth-order valence-electron chi connectivity index (χ4n) is 4.98. The van der Waals surface area contributed by atoms with E-state index in [2.05, 4.69) is 35.5 Å². The van der Waals surface area contributed by atoms with Crippen molar-refractivity contribution in [2.24, 2.45) is 5.73 Å². The summed E-state index contributed by atoms with van der Waals surface area (Å²) in [5.74, 6) is 0.119. The van der Waals surface area contributed by atoms with Gasteiger partial charge >= 0.3 is 6.09 Å². The van der Waals surface area contributed by atoms with Gasteiger partial charge in [-0.25, -0.2) is 19.7 Å². The molecule has 13 heteroatoms. The summed E-state index contributed by atoms with van der Waals surface area (Å²) in [6, 6.07) is 10.0. The first-order chi connectivity index (χ1) is 20.1. The highest BCUT2D eigenvalue weighted by Crippen LogP contribution is 2.31. The van der Waals surface area contributed by atoms with Gasteiger partial charge in [0.1, 0.15) is 35.8 Å². The summed E-state index contributed by atoms with van der Waals surface area (Å²) in [6.45, 7) is 6.36. The number of carbonyl (C=O) groups is 3. The largest absolute Gasteiger partial charge is 0.491 e. The van der Waals surface area contributed by atoms with E-state index >= 15 is 0 Å². The Hall–Kier alpha value is -4.94. The lowest BCUT2D eigenvalue weighted by atomic mass is 10.1. The second-order valence-corrected chi connectivity index (χ2v) is 11.1. The summed E-state index contributed by atoms with van der Waals surface area (Å²) in [6.07, 6.45) is 3.87. The Bertz CT molecular complexity index is 1610. The number of nitrogens with two attached hydrogens (primary N) is 1. The minimum atomic E-state index is -1.21. The van der Waals surface area contributed by atoms with Crippen molar-refractivity contribution in [3.63, 3.8) is 0 Å². The van der Waals surface area contributed by atoms with Gasteiger partial charge in [0.15, 0.2) is 11.5 Å². The van der Waals surface area contributed by atoms with Crippen molar-refractivity contribution in [1.29, 1.82) is 0 Å². The average molecular weight is 575 g/mol. The Balaban J connectivity index is 1.31. The van der Waals surface area contributed by atoms with Crippen LogP contribution in [0.15, 0.2) is 49.1 Å². The van der Waals surface area contributed by atoms with Crippen molar-refractivity contribution in [2.45, 2.75) is 57.7 Å². The first-order valence-electron chi connectivity index (χ1n) is 13.7. The standard InChI is InChI=1S/C29H34N8O5/c1-29(2,3)42-28(40)36-21(13-23(30)38)27(39)35-18-10-9-17-6-4-8-22(20(17)12-18)41-14-19-7-5-11-37(19)26-24-25(32-15-31-24)33-16-34-26/h4,6,8-10,12,15-16,19,21H,5,7,11,13-14H2,1-3H3,(H2,30,38)(H,35,39)(H,36,40)(H,31,32,33,34)/t19-,21-/m1/s1. The first-order valence-corrected chi connectivity index (χ1v) is 13.7. The number of benzene rings is 2. The molecule has 1 aliphatic rings. The number of anilines is 2. The number of imidazole rings is 1. The highest BCUT2D eigenvalue weighted by atomic mass is 16.6. The third kappa shape index (κ3) is 6.67. The minimum Gasteiger partial charge on any atom is -0.491 e. The van der Waals surface area contributed by atoms with E-state index in [1.54, 1.807) is 39.2 Å². The van der Waals surface area contributed by atoms with Gasteiger partial charge in [0.25, 0.3) is 0 Å². The molecule has 0 aliphatic carbocycles. The molecule has 42 heavy (non-hydrogen) atoms. The van der Waals surface area contributed by atoms with Crippen molar-refractivity contribution in [2.75, 3.05) is 23.4 Å². The zero-order valence-corrected chi connectivity index (χ0v) is 23.7.